The van der Waals surface area contributed by atoms with Crippen LogP contribution in [0.5, 0.6) is 0 Å². The van der Waals surface area contributed by atoms with Crippen LogP contribution in [-0.2, 0) is 6.54 Å². The molecule has 0 atom stereocenters. The van der Waals surface area contributed by atoms with Gasteiger partial charge in [-0.25, -0.2) is 4.98 Å². The van der Waals surface area contributed by atoms with Gasteiger partial charge in [0.05, 0.1) is 11.9 Å². The van der Waals surface area contributed by atoms with E-state index < -0.39 is 0 Å². The zero-order valence-corrected chi connectivity index (χ0v) is 8.94. The van der Waals surface area contributed by atoms with Crippen LogP contribution in [0.2, 0.25) is 0 Å². The van der Waals surface area contributed by atoms with E-state index in [0.717, 1.165) is 23.6 Å². The molecule has 15 heavy (non-hydrogen) atoms. The molecule has 0 amide bonds. The standard InChI is InChI=1S/C11H14N4/c1-3-15-5-4-13-11(15)10-8(2)6-9(12)7-14-10/h4-7H,3,12H2,1-2H3. The SMILES string of the molecule is CCn1ccnc1-c1ncc(N)cc1C. The fourth-order valence-electron chi connectivity index (χ4n) is 1.61. The lowest BCUT2D eigenvalue weighted by Crippen LogP contribution is -2.00. The van der Waals surface area contributed by atoms with Crippen LogP contribution in [0.4, 0.5) is 5.69 Å². The Kier molecular flexibility index (Phi) is 2.41. The lowest BCUT2D eigenvalue weighted by atomic mass is 10.2. The van der Waals surface area contributed by atoms with E-state index in [-0.39, 0.29) is 0 Å². The van der Waals surface area contributed by atoms with Gasteiger partial charge in [0.2, 0.25) is 0 Å². The fourth-order valence-corrected chi connectivity index (χ4v) is 1.61. The first kappa shape index (κ1) is 9.71. The Morgan fingerprint density at radius 1 is 1.40 bits per heavy atom. The molecule has 0 aliphatic carbocycles. The summed E-state index contributed by atoms with van der Waals surface area (Å²) in [5.74, 6) is 0.898. The first-order chi connectivity index (χ1) is 7.22. The van der Waals surface area contributed by atoms with E-state index in [0.29, 0.717) is 5.69 Å². The maximum atomic E-state index is 5.66. The van der Waals surface area contributed by atoms with E-state index in [4.69, 9.17) is 5.73 Å². The maximum Gasteiger partial charge on any atom is 0.158 e. The molecule has 2 aromatic heterocycles. The number of aromatic nitrogens is 3. The zero-order chi connectivity index (χ0) is 10.8. The Hall–Kier alpha value is -1.84. The molecule has 0 aliphatic rings. The van der Waals surface area contributed by atoms with E-state index in [1.165, 1.54) is 0 Å². The van der Waals surface area contributed by atoms with Gasteiger partial charge in [-0.2, -0.15) is 0 Å². The summed E-state index contributed by atoms with van der Waals surface area (Å²) in [5, 5.41) is 0. The minimum atomic E-state index is 0.686. The molecule has 4 heteroatoms. The number of nitrogens with zero attached hydrogens (tertiary/aromatic N) is 3. The van der Waals surface area contributed by atoms with Crippen LogP contribution >= 0.6 is 0 Å². The quantitative estimate of drug-likeness (QED) is 0.808. The lowest BCUT2D eigenvalue weighted by Gasteiger charge is -2.07. The van der Waals surface area contributed by atoms with Gasteiger partial charge in [0.1, 0.15) is 5.69 Å². The normalized spacial score (nSPS) is 10.5. The molecule has 0 unspecified atom stereocenters. The van der Waals surface area contributed by atoms with Crippen LogP contribution in [-0.4, -0.2) is 14.5 Å². The molecule has 2 aromatic rings. The summed E-state index contributed by atoms with van der Waals surface area (Å²) in [5.41, 5.74) is 8.30. The van der Waals surface area contributed by atoms with Gasteiger partial charge < -0.3 is 10.3 Å². The number of anilines is 1. The number of aryl methyl sites for hydroxylation is 2. The molecular weight excluding hydrogens is 188 g/mol. The summed E-state index contributed by atoms with van der Waals surface area (Å²) in [6, 6.07) is 1.91. The van der Waals surface area contributed by atoms with Crippen molar-refractivity contribution < 1.29 is 0 Å². The topological polar surface area (TPSA) is 56.7 Å². The second-order valence-corrected chi connectivity index (χ2v) is 3.47. The number of imidazole rings is 1. The summed E-state index contributed by atoms with van der Waals surface area (Å²) < 4.78 is 2.06. The van der Waals surface area contributed by atoms with Gasteiger partial charge in [0.25, 0.3) is 0 Å². The smallest absolute Gasteiger partial charge is 0.158 e. The highest BCUT2D eigenvalue weighted by Crippen LogP contribution is 2.20. The van der Waals surface area contributed by atoms with Gasteiger partial charge >= 0.3 is 0 Å². The molecule has 78 valence electrons. The molecule has 0 fully saturated rings. The van der Waals surface area contributed by atoms with Crippen molar-refractivity contribution in [1.29, 1.82) is 0 Å². The molecule has 2 heterocycles. The highest BCUT2D eigenvalue weighted by atomic mass is 15.1. The van der Waals surface area contributed by atoms with Gasteiger partial charge in [0, 0.05) is 18.9 Å². The van der Waals surface area contributed by atoms with E-state index in [1.54, 1.807) is 12.4 Å². The molecular formula is C11H14N4. The fraction of sp³-hybridized carbons (Fsp3) is 0.273. The van der Waals surface area contributed by atoms with Gasteiger partial charge in [-0.3, -0.25) is 4.98 Å². The predicted molar refractivity (Wildman–Crippen MR) is 60.3 cm³/mol. The molecule has 0 aliphatic heterocycles. The van der Waals surface area contributed by atoms with Crippen molar-refractivity contribution in [2.24, 2.45) is 0 Å². The number of rotatable bonds is 2. The summed E-state index contributed by atoms with van der Waals surface area (Å²) in [6.07, 6.45) is 5.40. The third kappa shape index (κ3) is 1.70. The zero-order valence-electron chi connectivity index (χ0n) is 8.94. The number of pyridine rings is 1. The van der Waals surface area contributed by atoms with E-state index >= 15 is 0 Å². The number of nitrogens with two attached hydrogens (primary N) is 1. The molecule has 4 nitrogen and oxygen atoms in total. The number of nitrogen functional groups attached to an aromatic ring is 1. The largest absolute Gasteiger partial charge is 0.397 e. The Labute approximate surface area is 88.8 Å². The molecule has 2 rings (SSSR count). The maximum absolute atomic E-state index is 5.66. The Morgan fingerprint density at radius 2 is 2.20 bits per heavy atom. The van der Waals surface area contributed by atoms with Crippen molar-refractivity contribution in [2.75, 3.05) is 5.73 Å². The van der Waals surface area contributed by atoms with Crippen LogP contribution in [0.15, 0.2) is 24.7 Å². The van der Waals surface area contributed by atoms with Crippen LogP contribution in [0.1, 0.15) is 12.5 Å². The summed E-state index contributed by atoms with van der Waals surface area (Å²) in [6.45, 7) is 4.96. The van der Waals surface area contributed by atoms with Crippen molar-refractivity contribution >= 4 is 5.69 Å². The Morgan fingerprint density at radius 3 is 2.87 bits per heavy atom. The van der Waals surface area contributed by atoms with Crippen molar-refractivity contribution in [1.82, 2.24) is 14.5 Å². The summed E-state index contributed by atoms with van der Waals surface area (Å²) >= 11 is 0. The first-order valence-electron chi connectivity index (χ1n) is 4.96. The number of hydrogen-bond acceptors (Lipinski definition) is 3. The average molecular weight is 202 g/mol. The van der Waals surface area contributed by atoms with E-state index in [1.807, 2.05) is 19.2 Å². The van der Waals surface area contributed by atoms with E-state index in [2.05, 4.69) is 21.5 Å². The van der Waals surface area contributed by atoms with Gasteiger partial charge in [0.15, 0.2) is 5.82 Å². The van der Waals surface area contributed by atoms with Gasteiger partial charge in [-0.05, 0) is 25.5 Å². The third-order valence-corrected chi connectivity index (χ3v) is 2.37. The highest BCUT2D eigenvalue weighted by molar-refractivity contribution is 5.58. The van der Waals surface area contributed by atoms with Crippen LogP contribution < -0.4 is 5.73 Å². The molecule has 0 aromatic carbocycles. The minimum Gasteiger partial charge on any atom is -0.397 e. The molecule has 0 saturated heterocycles. The molecule has 2 N–H and O–H groups in total. The van der Waals surface area contributed by atoms with Crippen molar-refractivity contribution in [2.45, 2.75) is 20.4 Å². The predicted octanol–water partition coefficient (Wildman–Crippen LogP) is 1.86. The Bertz CT molecular complexity index is 473. The summed E-state index contributed by atoms with van der Waals surface area (Å²) in [4.78, 5) is 8.63. The second kappa shape index (κ2) is 3.73. The molecule has 0 saturated carbocycles. The minimum absolute atomic E-state index is 0.686. The van der Waals surface area contributed by atoms with Crippen molar-refractivity contribution in [3.8, 4) is 11.5 Å². The number of hydrogen-bond donors (Lipinski definition) is 1. The van der Waals surface area contributed by atoms with Crippen LogP contribution in [0.3, 0.4) is 0 Å². The van der Waals surface area contributed by atoms with E-state index in [9.17, 15) is 0 Å². The van der Waals surface area contributed by atoms with Gasteiger partial charge in [-0.15, -0.1) is 0 Å². The van der Waals surface area contributed by atoms with Crippen LogP contribution in [0, 0.1) is 6.92 Å². The lowest BCUT2D eigenvalue weighted by molar-refractivity contribution is 0.767. The summed E-state index contributed by atoms with van der Waals surface area (Å²) in [7, 11) is 0. The monoisotopic (exact) mass is 202 g/mol. The highest BCUT2D eigenvalue weighted by Gasteiger charge is 2.09. The Balaban J connectivity index is 2.54. The van der Waals surface area contributed by atoms with Crippen molar-refractivity contribution in [3.63, 3.8) is 0 Å². The van der Waals surface area contributed by atoms with Crippen molar-refractivity contribution in [3.05, 3.63) is 30.2 Å². The first-order valence-corrected chi connectivity index (χ1v) is 4.96. The molecule has 0 radical (unpaired) electrons. The molecule has 0 bridgehead atoms. The van der Waals surface area contributed by atoms with Crippen LogP contribution in [0.25, 0.3) is 11.5 Å². The molecule has 0 spiro atoms. The third-order valence-electron chi connectivity index (χ3n) is 2.37. The average Bonchev–Trinajstić information content (AvgIpc) is 2.65. The second-order valence-electron chi connectivity index (χ2n) is 3.47. The van der Waals surface area contributed by atoms with Gasteiger partial charge in [-0.1, -0.05) is 0 Å².